The van der Waals surface area contributed by atoms with E-state index in [1.165, 1.54) is 6.92 Å². The molecule has 616 valence electrons. The third-order valence-electron chi connectivity index (χ3n) is 27.3. The predicted octanol–water partition coefficient (Wildman–Crippen LogP) is -6.90. The fourth-order valence-corrected chi connectivity index (χ4v) is 20.5. The standard InChI is InChI=1S/C71H116O36/c1-26-38(77)43(82)48(87)60(96-26)104-55-33(23-75)100-58(51(90)47(55)86)95-25-34-41(80)45(84)50(89)62(101-34)107-65(93)71-17-15-66(2,3)19-28(71)27-9-10-36-68(6)13-12-37(67(4,5)35(68)11-14-70(36,8)69(27,7)16-18-71)102-59-52(91)54(29(76)24-94-59)103-63-53(92)56(42(81)32(22-74)98-63)105-64-57(46(85)40(79)31(21-73)99-64)106-61-49(88)44(83)39(78)30(20-72)97-61/h9,26,28-64,72-92H,10-25H2,1-8H3. The summed E-state index contributed by atoms with van der Waals surface area (Å²) >= 11 is 0. The molecule has 0 aromatic heterocycles. The number of aliphatic hydroxyl groups excluding tert-OH is 21. The van der Waals surface area contributed by atoms with Gasteiger partial charge in [0.2, 0.25) is 6.29 Å². The lowest BCUT2D eigenvalue weighted by molar-refractivity contribution is -0.395. The molecule has 42 unspecified atom stereocenters. The number of fused-ring (bicyclic) bond motifs is 7. The Morgan fingerprint density at radius 1 is 0.439 bits per heavy atom. The van der Waals surface area contributed by atoms with Crippen LogP contribution in [0.15, 0.2) is 11.6 Å². The predicted molar refractivity (Wildman–Crippen MR) is 353 cm³/mol. The van der Waals surface area contributed by atoms with Gasteiger partial charge in [-0.2, -0.15) is 0 Å². The van der Waals surface area contributed by atoms with Gasteiger partial charge < -0.3 is 174 Å². The molecule has 7 aliphatic heterocycles. The Bertz CT molecular complexity index is 3030. The first-order valence-electron chi connectivity index (χ1n) is 37.6. The van der Waals surface area contributed by atoms with Crippen LogP contribution in [0.1, 0.15) is 120 Å². The Labute approximate surface area is 618 Å². The van der Waals surface area contributed by atoms with E-state index in [0.29, 0.717) is 51.4 Å². The maximum atomic E-state index is 15.4. The Morgan fingerprint density at radius 2 is 0.935 bits per heavy atom. The van der Waals surface area contributed by atoms with Gasteiger partial charge in [-0.05, 0) is 116 Å². The van der Waals surface area contributed by atoms with Crippen molar-refractivity contribution < 1.29 is 178 Å². The zero-order chi connectivity index (χ0) is 78.0. The van der Waals surface area contributed by atoms with Gasteiger partial charge in [0.15, 0.2) is 37.7 Å². The summed E-state index contributed by atoms with van der Waals surface area (Å²) in [5, 5.41) is 229. The molecule has 11 fully saturated rings. The summed E-state index contributed by atoms with van der Waals surface area (Å²) in [6.45, 7) is 12.4. The van der Waals surface area contributed by atoms with Crippen LogP contribution in [0.5, 0.6) is 0 Å². The summed E-state index contributed by atoms with van der Waals surface area (Å²) in [5.74, 6) is -0.793. The van der Waals surface area contributed by atoms with Crippen LogP contribution in [-0.4, -0.2) is 368 Å². The SMILES string of the molecule is CC1OC(OC2C(CO)OC(OCC3OC(OC(=O)C45CCC(C)(C)CC4C4=CCC6C7(C)CCC(OC8OCC(O)C(OC9OC(CO)C(O)C(OC%10OC(CO)C(O)C(O)C%10OC%10OC(CO)C(O)C(O)C%10O)C9O)C8O)C(C)(C)C7CCC6(C)C4(C)CC5)C(O)C(O)C3O)C(O)C2O)C(O)C(O)C1O. The number of rotatable bonds is 19. The van der Waals surface area contributed by atoms with E-state index in [9.17, 15) is 107 Å². The van der Waals surface area contributed by atoms with Gasteiger partial charge in [-0.25, -0.2) is 0 Å². The number of ether oxygens (including phenoxy) is 14. The minimum Gasteiger partial charge on any atom is -0.432 e. The molecule has 0 aromatic rings. The molecule has 7 heterocycles. The quantitative estimate of drug-likeness (QED) is 0.0325. The second-order valence-electron chi connectivity index (χ2n) is 34.3. The minimum absolute atomic E-state index is 0.0449. The van der Waals surface area contributed by atoms with Crippen molar-refractivity contribution in [3.05, 3.63) is 11.6 Å². The van der Waals surface area contributed by atoms with Gasteiger partial charge in [-0.15, -0.1) is 0 Å². The molecule has 0 radical (unpaired) electrons. The molecule has 0 bridgehead atoms. The average molecular weight is 1550 g/mol. The van der Waals surface area contributed by atoms with Crippen LogP contribution in [0.2, 0.25) is 0 Å². The lowest BCUT2D eigenvalue weighted by Gasteiger charge is -2.71. The highest BCUT2D eigenvalue weighted by Gasteiger charge is 2.71. The molecule has 36 nitrogen and oxygen atoms in total. The van der Waals surface area contributed by atoms with E-state index < -0.39 is 277 Å². The Morgan fingerprint density at radius 3 is 1.58 bits per heavy atom. The minimum atomic E-state index is -2.08. The van der Waals surface area contributed by atoms with Crippen molar-refractivity contribution in [2.75, 3.05) is 39.6 Å². The van der Waals surface area contributed by atoms with E-state index in [1.54, 1.807) is 0 Å². The zero-order valence-corrected chi connectivity index (χ0v) is 61.3. The first kappa shape index (κ1) is 84.3. The topological polar surface area (TPSA) is 571 Å². The molecule has 36 heteroatoms. The molecular weight excluding hydrogens is 1430 g/mol. The largest absolute Gasteiger partial charge is 0.432 e. The Kier molecular flexibility index (Phi) is 25.3. The third-order valence-corrected chi connectivity index (χ3v) is 27.3. The summed E-state index contributed by atoms with van der Waals surface area (Å²) in [5.41, 5.74) is -1.76. The second kappa shape index (κ2) is 32.1. The molecular formula is C71H116O36. The zero-order valence-electron chi connectivity index (χ0n) is 61.3. The number of hydrogen-bond donors (Lipinski definition) is 21. The number of aliphatic hydroxyl groups is 21. The van der Waals surface area contributed by atoms with Gasteiger partial charge in [0, 0.05) is 0 Å². The fraction of sp³-hybridized carbons (Fsp3) is 0.958. The van der Waals surface area contributed by atoms with E-state index in [0.717, 1.165) is 18.4 Å². The Balaban J connectivity index is 0.701. The summed E-state index contributed by atoms with van der Waals surface area (Å²) < 4.78 is 82.9. The van der Waals surface area contributed by atoms with Crippen molar-refractivity contribution in [1.82, 2.24) is 0 Å². The highest BCUT2D eigenvalue weighted by atomic mass is 16.8. The van der Waals surface area contributed by atoms with Crippen LogP contribution in [0.4, 0.5) is 0 Å². The van der Waals surface area contributed by atoms with Crippen molar-refractivity contribution in [2.45, 2.75) is 335 Å². The summed E-state index contributed by atoms with van der Waals surface area (Å²) in [4.78, 5) is 15.4. The normalized spacial score (nSPS) is 54.2. The van der Waals surface area contributed by atoms with E-state index >= 15 is 4.79 Å². The number of carbonyl (C=O) groups excluding carboxylic acids is 1. The smallest absolute Gasteiger partial charge is 0.315 e. The second-order valence-corrected chi connectivity index (χ2v) is 34.3. The van der Waals surface area contributed by atoms with Crippen molar-refractivity contribution in [3.63, 3.8) is 0 Å². The van der Waals surface area contributed by atoms with Gasteiger partial charge in [0.05, 0.1) is 57.3 Å². The van der Waals surface area contributed by atoms with Crippen LogP contribution < -0.4 is 0 Å². The van der Waals surface area contributed by atoms with Gasteiger partial charge in [-0.3, -0.25) is 4.79 Å². The highest BCUT2D eigenvalue weighted by Crippen LogP contribution is 2.76. The first-order valence-corrected chi connectivity index (χ1v) is 37.6. The highest BCUT2D eigenvalue weighted by molar-refractivity contribution is 5.79. The molecule has 42 atom stereocenters. The number of carbonyl (C=O) groups is 1. The van der Waals surface area contributed by atoms with Crippen molar-refractivity contribution in [1.29, 1.82) is 0 Å². The van der Waals surface area contributed by atoms with Crippen molar-refractivity contribution >= 4 is 5.97 Å². The maximum absolute atomic E-state index is 15.4. The Hall–Kier alpha value is -2.15. The molecule has 4 saturated carbocycles. The number of esters is 1. The van der Waals surface area contributed by atoms with Crippen molar-refractivity contribution in [2.24, 2.45) is 50.2 Å². The average Bonchev–Trinajstić information content (AvgIpc) is 0.676. The van der Waals surface area contributed by atoms with Crippen LogP contribution in [0, 0.1) is 50.2 Å². The molecule has 5 aliphatic carbocycles. The van der Waals surface area contributed by atoms with Gasteiger partial charge in [0.1, 0.15) is 159 Å². The van der Waals surface area contributed by atoms with Crippen molar-refractivity contribution in [3.8, 4) is 0 Å². The fourth-order valence-electron chi connectivity index (χ4n) is 20.5. The number of hydrogen-bond acceptors (Lipinski definition) is 36. The lowest BCUT2D eigenvalue weighted by atomic mass is 9.33. The molecule has 12 rings (SSSR count). The summed E-state index contributed by atoms with van der Waals surface area (Å²) in [6, 6.07) is 0. The molecule has 21 N–H and O–H groups in total. The molecule has 0 spiro atoms. The monoisotopic (exact) mass is 1540 g/mol. The van der Waals surface area contributed by atoms with Crippen LogP contribution in [-0.2, 0) is 71.1 Å². The van der Waals surface area contributed by atoms with Gasteiger partial charge >= 0.3 is 5.97 Å². The maximum Gasteiger partial charge on any atom is 0.315 e. The summed E-state index contributed by atoms with van der Waals surface area (Å²) in [7, 11) is 0. The van der Waals surface area contributed by atoms with Crippen LogP contribution >= 0.6 is 0 Å². The van der Waals surface area contributed by atoms with Crippen LogP contribution in [0.25, 0.3) is 0 Å². The van der Waals surface area contributed by atoms with Gasteiger partial charge in [-0.1, -0.05) is 60.1 Å². The summed E-state index contributed by atoms with van der Waals surface area (Å²) in [6.07, 6.45) is -51.7. The number of allylic oxidation sites excluding steroid dienone is 2. The lowest BCUT2D eigenvalue weighted by Crippen LogP contribution is -2.67. The molecule has 0 aromatic carbocycles. The van der Waals surface area contributed by atoms with E-state index in [4.69, 9.17) is 66.3 Å². The van der Waals surface area contributed by atoms with E-state index in [1.807, 2.05) is 0 Å². The molecule has 12 aliphatic rings. The van der Waals surface area contributed by atoms with E-state index in [2.05, 4.69) is 54.5 Å². The van der Waals surface area contributed by atoms with E-state index in [-0.39, 0.29) is 34.0 Å². The molecule has 0 amide bonds. The first-order chi connectivity index (χ1) is 50.3. The third kappa shape index (κ3) is 14.9. The van der Waals surface area contributed by atoms with Crippen LogP contribution in [0.3, 0.4) is 0 Å². The molecule has 107 heavy (non-hydrogen) atoms. The molecule has 7 saturated heterocycles. The van der Waals surface area contributed by atoms with Gasteiger partial charge in [0.25, 0.3) is 0 Å².